The number of furan rings is 1. The highest BCUT2D eigenvalue weighted by Crippen LogP contribution is 2.18. The van der Waals surface area contributed by atoms with Gasteiger partial charge in [-0.2, -0.15) is 0 Å². The lowest BCUT2D eigenvalue weighted by Crippen LogP contribution is -2.49. The van der Waals surface area contributed by atoms with Crippen molar-refractivity contribution >= 4 is 23.5 Å². The first-order valence-corrected chi connectivity index (χ1v) is 7.93. The van der Waals surface area contributed by atoms with Crippen LogP contribution in [-0.2, 0) is 0 Å². The van der Waals surface area contributed by atoms with E-state index in [-0.39, 0.29) is 5.91 Å². The predicted molar refractivity (Wildman–Crippen MR) is 80.6 cm³/mol. The number of carbonyl (C=O) groups is 1. The quantitative estimate of drug-likeness (QED) is 0.805. The van der Waals surface area contributed by atoms with Crippen molar-refractivity contribution in [3.05, 3.63) is 36.5 Å². The summed E-state index contributed by atoms with van der Waals surface area (Å²) in [5.41, 5.74) is 0.604. The largest absolute Gasteiger partial charge is 0.472 e. The van der Waals surface area contributed by atoms with Crippen molar-refractivity contribution in [1.82, 2.24) is 14.9 Å². The van der Waals surface area contributed by atoms with Gasteiger partial charge in [0.05, 0.1) is 24.2 Å². The zero-order valence-corrected chi connectivity index (χ0v) is 12.5. The molecule has 0 atom stereocenters. The molecule has 1 amide bonds. The summed E-state index contributed by atoms with van der Waals surface area (Å²) < 4.78 is 4.96. The van der Waals surface area contributed by atoms with Crippen LogP contribution in [0.2, 0.25) is 0 Å². The van der Waals surface area contributed by atoms with Gasteiger partial charge in [-0.15, -0.1) is 11.8 Å². The Kier molecular flexibility index (Phi) is 4.10. The van der Waals surface area contributed by atoms with E-state index in [4.69, 9.17) is 4.42 Å². The topological polar surface area (TPSA) is 62.5 Å². The Morgan fingerprint density at radius 2 is 2.10 bits per heavy atom. The summed E-state index contributed by atoms with van der Waals surface area (Å²) in [4.78, 5) is 25.0. The van der Waals surface area contributed by atoms with Gasteiger partial charge in [-0.25, -0.2) is 4.98 Å². The van der Waals surface area contributed by atoms with Gasteiger partial charge in [0, 0.05) is 26.2 Å². The van der Waals surface area contributed by atoms with E-state index in [1.165, 1.54) is 12.5 Å². The minimum atomic E-state index is 0.0207. The molecule has 6 nitrogen and oxygen atoms in total. The first-order valence-electron chi connectivity index (χ1n) is 6.70. The van der Waals surface area contributed by atoms with Crippen LogP contribution in [0.15, 0.2) is 40.4 Å². The lowest BCUT2D eigenvalue weighted by atomic mass is 10.2. The third kappa shape index (κ3) is 3.02. The van der Waals surface area contributed by atoms with Gasteiger partial charge >= 0.3 is 0 Å². The number of rotatable bonds is 3. The van der Waals surface area contributed by atoms with Gasteiger partial charge in [0.25, 0.3) is 5.91 Å². The first-order chi connectivity index (χ1) is 10.3. The molecule has 0 N–H and O–H groups in total. The SMILES string of the molecule is CSc1cncc(N2CCN(C(=O)c3ccoc3)CC2)n1. The molecule has 0 aliphatic carbocycles. The van der Waals surface area contributed by atoms with E-state index in [1.54, 1.807) is 30.2 Å². The molecule has 7 heteroatoms. The maximum absolute atomic E-state index is 12.2. The number of piperazine rings is 1. The summed E-state index contributed by atoms with van der Waals surface area (Å²) >= 11 is 1.58. The van der Waals surface area contributed by atoms with Crippen molar-refractivity contribution in [1.29, 1.82) is 0 Å². The van der Waals surface area contributed by atoms with Crippen molar-refractivity contribution in [2.75, 3.05) is 37.3 Å². The van der Waals surface area contributed by atoms with Crippen molar-refractivity contribution in [3.8, 4) is 0 Å². The number of anilines is 1. The molecule has 3 rings (SSSR count). The lowest BCUT2D eigenvalue weighted by molar-refractivity contribution is 0.0745. The van der Waals surface area contributed by atoms with Gasteiger partial charge in [-0.05, 0) is 12.3 Å². The zero-order chi connectivity index (χ0) is 14.7. The smallest absolute Gasteiger partial charge is 0.257 e. The summed E-state index contributed by atoms with van der Waals surface area (Å²) in [5, 5.41) is 0.907. The monoisotopic (exact) mass is 304 g/mol. The van der Waals surface area contributed by atoms with Crippen molar-refractivity contribution < 1.29 is 9.21 Å². The molecule has 2 aromatic rings. The van der Waals surface area contributed by atoms with Gasteiger partial charge < -0.3 is 14.2 Å². The molecule has 110 valence electrons. The first kappa shape index (κ1) is 13.9. The maximum atomic E-state index is 12.2. The highest BCUT2D eigenvalue weighted by molar-refractivity contribution is 7.98. The molecular formula is C14H16N4O2S. The fourth-order valence-electron chi connectivity index (χ4n) is 2.30. The molecular weight excluding hydrogens is 288 g/mol. The molecule has 0 radical (unpaired) electrons. The molecule has 1 aliphatic heterocycles. The Balaban J connectivity index is 1.63. The van der Waals surface area contributed by atoms with Crippen LogP contribution in [0, 0.1) is 0 Å². The highest BCUT2D eigenvalue weighted by atomic mass is 32.2. The second-order valence-electron chi connectivity index (χ2n) is 4.71. The second-order valence-corrected chi connectivity index (χ2v) is 5.54. The third-order valence-corrected chi connectivity index (χ3v) is 4.08. The van der Waals surface area contributed by atoms with Crippen LogP contribution in [-0.4, -0.2) is 53.2 Å². The number of hydrogen-bond acceptors (Lipinski definition) is 6. The molecule has 0 spiro atoms. The number of amides is 1. The molecule has 0 unspecified atom stereocenters. The third-order valence-electron chi connectivity index (χ3n) is 3.47. The Labute approximate surface area is 127 Å². The number of carbonyl (C=O) groups excluding carboxylic acids is 1. The minimum Gasteiger partial charge on any atom is -0.472 e. The average Bonchev–Trinajstić information content (AvgIpc) is 3.09. The standard InChI is InChI=1S/C14H16N4O2S/c1-21-13-9-15-8-12(16-13)17-3-5-18(6-4-17)14(19)11-2-7-20-10-11/h2,7-10H,3-6H2,1H3. The maximum Gasteiger partial charge on any atom is 0.257 e. The summed E-state index contributed by atoms with van der Waals surface area (Å²) in [7, 11) is 0. The minimum absolute atomic E-state index is 0.0207. The van der Waals surface area contributed by atoms with Gasteiger partial charge in [-0.3, -0.25) is 9.78 Å². The highest BCUT2D eigenvalue weighted by Gasteiger charge is 2.23. The van der Waals surface area contributed by atoms with Crippen LogP contribution in [0.4, 0.5) is 5.82 Å². The molecule has 2 aromatic heterocycles. The van der Waals surface area contributed by atoms with E-state index in [0.29, 0.717) is 18.7 Å². The fraction of sp³-hybridized carbons (Fsp3) is 0.357. The predicted octanol–water partition coefficient (Wildman–Crippen LogP) is 1.75. The molecule has 1 saturated heterocycles. The Bertz CT molecular complexity index is 609. The number of thioether (sulfide) groups is 1. The van der Waals surface area contributed by atoms with Crippen LogP contribution >= 0.6 is 11.8 Å². The van der Waals surface area contributed by atoms with Gasteiger partial charge in [0.2, 0.25) is 0 Å². The van der Waals surface area contributed by atoms with E-state index in [1.807, 2.05) is 11.2 Å². The summed E-state index contributed by atoms with van der Waals surface area (Å²) in [6.07, 6.45) is 8.52. The molecule has 1 fully saturated rings. The van der Waals surface area contributed by atoms with Crippen LogP contribution in [0.1, 0.15) is 10.4 Å². The van der Waals surface area contributed by atoms with Gasteiger partial charge in [0.1, 0.15) is 17.1 Å². The van der Waals surface area contributed by atoms with Gasteiger partial charge in [-0.1, -0.05) is 0 Å². The van der Waals surface area contributed by atoms with Crippen molar-refractivity contribution in [2.45, 2.75) is 5.03 Å². The number of nitrogens with zero attached hydrogens (tertiary/aromatic N) is 4. The van der Waals surface area contributed by atoms with Crippen LogP contribution in [0.5, 0.6) is 0 Å². The molecule has 0 bridgehead atoms. The molecule has 0 saturated carbocycles. The summed E-state index contributed by atoms with van der Waals surface area (Å²) in [5.74, 6) is 0.893. The van der Waals surface area contributed by atoms with E-state index in [0.717, 1.165) is 23.9 Å². The average molecular weight is 304 g/mol. The fourth-order valence-corrected chi connectivity index (χ4v) is 2.65. The molecule has 3 heterocycles. The Morgan fingerprint density at radius 3 is 2.76 bits per heavy atom. The Hall–Kier alpha value is -2.02. The van der Waals surface area contributed by atoms with Gasteiger partial charge in [0.15, 0.2) is 0 Å². The van der Waals surface area contributed by atoms with E-state index in [9.17, 15) is 4.79 Å². The molecule has 0 aromatic carbocycles. The van der Waals surface area contributed by atoms with Crippen molar-refractivity contribution in [2.24, 2.45) is 0 Å². The van der Waals surface area contributed by atoms with E-state index in [2.05, 4.69) is 14.9 Å². The number of hydrogen-bond donors (Lipinski definition) is 0. The van der Waals surface area contributed by atoms with E-state index >= 15 is 0 Å². The normalized spacial score (nSPS) is 15.3. The van der Waals surface area contributed by atoms with Crippen LogP contribution in [0.25, 0.3) is 0 Å². The lowest BCUT2D eigenvalue weighted by Gasteiger charge is -2.35. The second kappa shape index (κ2) is 6.17. The summed E-state index contributed by atoms with van der Waals surface area (Å²) in [6, 6.07) is 1.70. The Morgan fingerprint density at radius 1 is 1.29 bits per heavy atom. The number of aromatic nitrogens is 2. The van der Waals surface area contributed by atoms with Crippen LogP contribution in [0.3, 0.4) is 0 Å². The van der Waals surface area contributed by atoms with Crippen molar-refractivity contribution in [3.63, 3.8) is 0 Å². The molecule has 1 aliphatic rings. The van der Waals surface area contributed by atoms with Crippen LogP contribution < -0.4 is 4.90 Å². The molecule has 21 heavy (non-hydrogen) atoms. The van der Waals surface area contributed by atoms with E-state index < -0.39 is 0 Å². The summed E-state index contributed by atoms with van der Waals surface area (Å²) in [6.45, 7) is 2.87. The zero-order valence-electron chi connectivity index (χ0n) is 11.7.